The maximum Gasteiger partial charge on any atom is 0.329 e. The van der Waals surface area contributed by atoms with Gasteiger partial charge in [0, 0.05) is 12.0 Å². The Hall–Kier alpha value is -0.760. The van der Waals surface area contributed by atoms with Gasteiger partial charge in [0.2, 0.25) is 0 Å². The highest BCUT2D eigenvalue weighted by Gasteiger charge is 1.81. The van der Waals surface area contributed by atoms with E-state index in [2.05, 4.69) is 17.9 Å². The summed E-state index contributed by atoms with van der Waals surface area (Å²) in [7, 11) is 1.31. The first kappa shape index (κ1) is 12.0. The Kier molecular flexibility index (Phi) is 13.3. The molecule has 58 valence electrons. The number of halogens is 1. The molecule has 0 fully saturated rings. The van der Waals surface area contributed by atoms with E-state index in [1.54, 1.807) is 6.08 Å². The molecule has 0 saturated heterocycles. The lowest BCUT2D eigenvalue weighted by molar-refractivity contribution is -0.134. The minimum absolute atomic E-state index is 0.394. The van der Waals surface area contributed by atoms with Crippen LogP contribution in [0.25, 0.3) is 0 Å². The van der Waals surface area contributed by atoms with Gasteiger partial charge in [0.15, 0.2) is 0 Å². The molecule has 0 radical (unpaired) electrons. The molecule has 0 saturated carbocycles. The number of esters is 1. The maximum atomic E-state index is 9.84. The van der Waals surface area contributed by atoms with Crippen LogP contribution in [-0.4, -0.2) is 19.0 Å². The summed E-state index contributed by atoms with van der Waals surface area (Å²) in [4.78, 5) is 9.84. The molecular formula is C7H11ClO2. The van der Waals surface area contributed by atoms with Crippen LogP contribution in [0.15, 0.2) is 25.3 Å². The Balaban J connectivity index is 0. The predicted molar refractivity (Wildman–Crippen MR) is 43.1 cm³/mol. The molecule has 0 N–H and O–H groups in total. The summed E-state index contributed by atoms with van der Waals surface area (Å²) < 4.78 is 4.14. The number of hydrogen-bond donors (Lipinski definition) is 0. The topological polar surface area (TPSA) is 26.3 Å². The van der Waals surface area contributed by atoms with Gasteiger partial charge < -0.3 is 4.74 Å². The predicted octanol–water partition coefficient (Wildman–Crippen LogP) is 1.76. The monoisotopic (exact) mass is 162 g/mol. The molecule has 3 heteroatoms. The number of carbonyl (C=O) groups excluding carboxylic acids is 1. The van der Waals surface area contributed by atoms with Gasteiger partial charge in [0.1, 0.15) is 0 Å². The van der Waals surface area contributed by atoms with Gasteiger partial charge in [-0.15, -0.1) is 18.2 Å². The first-order valence-electron chi connectivity index (χ1n) is 2.60. The van der Waals surface area contributed by atoms with Gasteiger partial charge in [0.25, 0.3) is 0 Å². The summed E-state index contributed by atoms with van der Waals surface area (Å²) in [6, 6.07) is 0. The summed E-state index contributed by atoms with van der Waals surface area (Å²) in [5.74, 6) is 0.162. The number of ether oxygens (including phenoxy) is 1. The summed E-state index contributed by atoms with van der Waals surface area (Å²) in [5.41, 5.74) is 0. The minimum atomic E-state index is -0.394. The van der Waals surface area contributed by atoms with Gasteiger partial charge in [0.05, 0.1) is 7.11 Å². The van der Waals surface area contributed by atoms with Gasteiger partial charge in [-0.05, 0) is 0 Å². The van der Waals surface area contributed by atoms with Crippen LogP contribution >= 0.6 is 11.6 Å². The lowest BCUT2D eigenvalue weighted by Gasteiger charge is -1.83. The zero-order chi connectivity index (χ0) is 8.41. The van der Waals surface area contributed by atoms with Crippen LogP contribution in [0.2, 0.25) is 0 Å². The molecule has 0 aromatic heterocycles. The van der Waals surface area contributed by atoms with Crippen molar-refractivity contribution in [2.45, 2.75) is 0 Å². The lowest BCUT2D eigenvalue weighted by atomic mass is 10.7. The van der Waals surface area contributed by atoms with Gasteiger partial charge in [-0.3, -0.25) is 0 Å². The third kappa shape index (κ3) is 15.7. The average molecular weight is 163 g/mol. The van der Waals surface area contributed by atoms with E-state index in [1.165, 1.54) is 7.11 Å². The van der Waals surface area contributed by atoms with Crippen molar-refractivity contribution in [2.24, 2.45) is 0 Å². The first-order valence-corrected chi connectivity index (χ1v) is 3.13. The van der Waals surface area contributed by atoms with E-state index in [0.29, 0.717) is 5.88 Å². The van der Waals surface area contributed by atoms with Crippen LogP contribution in [0.3, 0.4) is 0 Å². The zero-order valence-corrected chi connectivity index (χ0v) is 6.73. The molecule has 0 aliphatic rings. The van der Waals surface area contributed by atoms with Gasteiger partial charge >= 0.3 is 5.97 Å². The molecule has 0 amide bonds. The Morgan fingerprint density at radius 2 is 2.10 bits per heavy atom. The molecule has 0 atom stereocenters. The van der Waals surface area contributed by atoms with E-state index < -0.39 is 5.97 Å². The molecule has 0 unspecified atom stereocenters. The van der Waals surface area contributed by atoms with Crippen molar-refractivity contribution in [3.63, 3.8) is 0 Å². The molecular weight excluding hydrogens is 152 g/mol. The zero-order valence-electron chi connectivity index (χ0n) is 5.97. The number of methoxy groups -OCH3 is 1. The molecule has 0 heterocycles. The molecule has 0 aromatic carbocycles. The third-order valence-corrected chi connectivity index (χ3v) is 0.695. The fourth-order valence-corrected chi connectivity index (χ4v) is 0.0833. The normalized spacial score (nSPS) is 6.60. The second-order valence-corrected chi connectivity index (χ2v) is 1.48. The van der Waals surface area contributed by atoms with Crippen molar-refractivity contribution >= 4 is 17.6 Å². The van der Waals surface area contributed by atoms with Crippen molar-refractivity contribution in [3.8, 4) is 0 Å². The summed E-state index contributed by atoms with van der Waals surface area (Å²) in [5, 5.41) is 0. The number of allylic oxidation sites excluding steroid dienone is 1. The van der Waals surface area contributed by atoms with Crippen molar-refractivity contribution in [1.29, 1.82) is 0 Å². The van der Waals surface area contributed by atoms with E-state index in [1.807, 2.05) is 0 Å². The lowest BCUT2D eigenvalue weighted by Crippen LogP contribution is -1.91. The molecule has 0 spiro atoms. The van der Waals surface area contributed by atoms with Crippen molar-refractivity contribution in [2.75, 3.05) is 13.0 Å². The molecule has 0 aromatic rings. The quantitative estimate of drug-likeness (QED) is 0.268. The summed E-state index contributed by atoms with van der Waals surface area (Å²) >= 11 is 5.07. The van der Waals surface area contributed by atoms with Crippen LogP contribution in [-0.2, 0) is 9.53 Å². The SMILES string of the molecule is C=CC(=O)OC.C=CCCl. The van der Waals surface area contributed by atoms with E-state index in [0.717, 1.165) is 6.08 Å². The number of carbonyl (C=O) groups is 1. The van der Waals surface area contributed by atoms with Gasteiger partial charge in [-0.2, -0.15) is 0 Å². The summed E-state index contributed by atoms with van der Waals surface area (Å²) in [6.45, 7) is 6.50. The fraction of sp³-hybridized carbons (Fsp3) is 0.286. The third-order valence-electron chi connectivity index (χ3n) is 0.477. The van der Waals surface area contributed by atoms with Gasteiger partial charge in [-0.25, -0.2) is 4.79 Å². The van der Waals surface area contributed by atoms with Crippen LogP contribution < -0.4 is 0 Å². The molecule has 0 bridgehead atoms. The maximum absolute atomic E-state index is 9.84. The Morgan fingerprint density at radius 3 is 2.10 bits per heavy atom. The Bertz CT molecular complexity index is 110. The second-order valence-electron chi connectivity index (χ2n) is 1.17. The summed E-state index contributed by atoms with van der Waals surface area (Å²) in [6.07, 6.45) is 2.75. The Labute approximate surface area is 66.1 Å². The van der Waals surface area contributed by atoms with E-state index in [9.17, 15) is 4.79 Å². The highest BCUT2D eigenvalue weighted by atomic mass is 35.5. The number of hydrogen-bond acceptors (Lipinski definition) is 2. The van der Waals surface area contributed by atoms with Crippen LogP contribution in [0.1, 0.15) is 0 Å². The van der Waals surface area contributed by atoms with E-state index in [-0.39, 0.29) is 0 Å². The van der Waals surface area contributed by atoms with E-state index >= 15 is 0 Å². The van der Waals surface area contributed by atoms with Crippen LogP contribution in [0.4, 0.5) is 0 Å². The average Bonchev–Trinajstić information content (AvgIpc) is 2.03. The molecule has 2 nitrogen and oxygen atoms in total. The molecule has 0 aliphatic heterocycles. The molecule has 0 aliphatic carbocycles. The largest absolute Gasteiger partial charge is 0.466 e. The standard InChI is InChI=1S/C4H6O2.C3H5Cl/c1-3-4(5)6-2;1-2-3-4/h3H,1H2,2H3;2H,1,3H2. The van der Waals surface area contributed by atoms with Gasteiger partial charge in [-0.1, -0.05) is 12.7 Å². The Morgan fingerprint density at radius 1 is 1.70 bits per heavy atom. The molecule has 0 rings (SSSR count). The van der Waals surface area contributed by atoms with Crippen LogP contribution in [0, 0.1) is 0 Å². The minimum Gasteiger partial charge on any atom is -0.466 e. The van der Waals surface area contributed by atoms with Crippen molar-refractivity contribution in [1.82, 2.24) is 0 Å². The highest BCUT2D eigenvalue weighted by Crippen LogP contribution is 1.68. The highest BCUT2D eigenvalue weighted by molar-refractivity contribution is 6.18. The number of rotatable bonds is 2. The van der Waals surface area contributed by atoms with Crippen molar-refractivity contribution < 1.29 is 9.53 Å². The smallest absolute Gasteiger partial charge is 0.329 e. The fourth-order valence-electron chi connectivity index (χ4n) is 0.0833. The second kappa shape index (κ2) is 11.1. The van der Waals surface area contributed by atoms with E-state index in [4.69, 9.17) is 11.6 Å². The van der Waals surface area contributed by atoms with Crippen molar-refractivity contribution in [3.05, 3.63) is 25.3 Å². The molecule has 10 heavy (non-hydrogen) atoms. The first-order chi connectivity index (χ1) is 4.72. The number of alkyl halides is 1. The van der Waals surface area contributed by atoms with Crippen LogP contribution in [0.5, 0.6) is 0 Å².